The van der Waals surface area contributed by atoms with Gasteiger partial charge < -0.3 is 10.4 Å². The van der Waals surface area contributed by atoms with Crippen molar-refractivity contribution in [3.05, 3.63) is 29.8 Å². The number of carboxylic acid groups (broad SMARTS) is 1. The number of aryl methyl sites for hydroxylation is 1. The van der Waals surface area contributed by atoms with Crippen LogP contribution in [0.2, 0.25) is 0 Å². The molecule has 8 nitrogen and oxygen atoms in total. The molecule has 0 radical (unpaired) electrons. The Hall–Kier alpha value is -2.77. The number of benzene rings is 1. The van der Waals surface area contributed by atoms with Gasteiger partial charge in [0.2, 0.25) is 11.7 Å². The van der Waals surface area contributed by atoms with E-state index in [1.807, 2.05) is 31.2 Å². The first-order valence-corrected chi connectivity index (χ1v) is 6.88. The second-order valence-electron chi connectivity index (χ2n) is 5.44. The Balaban J connectivity index is 1.65. The highest BCUT2D eigenvalue weighted by Crippen LogP contribution is 2.35. The summed E-state index contributed by atoms with van der Waals surface area (Å²) in [7, 11) is 0. The molecule has 2 aromatic rings. The quantitative estimate of drug-likeness (QED) is 0.826. The van der Waals surface area contributed by atoms with Gasteiger partial charge in [0.05, 0.1) is 0 Å². The van der Waals surface area contributed by atoms with Crippen molar-refractivity contribution in [2.24, 2.45) is 0 Å². The van der Waals surface area contributed by atoms with Gasteiger partial charge in [-0.1, -0.05) is 29.8 Å². The minimum atomic E-state index is -1.10. The van der Waals surface area contributed by atoms with Gasteiger partial charge in [0, 0.05) is 5.56 Å². The van der Waals surface area contributed by atoms with Crippen LogP contribution in [0.1, 0.15) is 18.4 Å². The lowest BCUT2D eigenvalue weighted by Crippen LogP contribution is -2.44. The van der Waals surface area contributed by atoms with Crippen molar-refractivity contribution in [2.75, 3.05) is 0 Å². The molecule has 1 aliphatic rings. The highest BCUT2D eigenvalue weighted by Gasteiger charge is 2.51. The number of amides is 1. The van der Waals surface area contributed by atoms with Crippen molar-refractivity contribution in [3.8, 4) is 11.4 Å². The molecule has 0 saturated heterocycles. The van der Waals surface area contributed by atoms with Crippen LogP contribution in [-0.4, -0.2) is 42.7 Å². The molecule has 22 heavy (non-hydrogen) atoms. The summed E-state index contributed by atoms with van der Waals surface area (Å²) in [5, 5.41) is 23.4. The summed E-state index contributed by atoms with van der Waals surface area (Å²) in [6.07, 6.45) is 0.904. The van der Waals surface area contributed by atoms with Crippen LogP contribution in [0.25, 0.3) is 11.4 Å². The fourth-order valence-corrected chi connectivity index (χ4v) is 2.08. The van der Waals surface area contributed by atoms with E-state index in [0.717, 1.165) is 15.9 Å². The molecule has 0 spiro atoms. The third-order valence-corrected chi connectivity index (χ3v) is 3.59. The molecule has 1 aromatic carbocycles. The molecule has 0 bridgehead atoms. The van der Waals surface area contributed by atoms with Crippen molar-refractivity contribution in [3.63, 3.8) is 0 Å². The molecular weight excluding hydrogens is 286 g/mol. The Kier molecular flexibility index (Phi) is 3.36. The van der Waals surface area contributed by atoms with E-state index in [1.54, 1.807) is 0 Å². The first-order valence-electron chi connectivity index (χ1n) is 6.88. The van der Waals surface area contributed by atoms with Crippen LogP contribution in [0, 0.1) is 6.92 Å². The van der Waals surface area contributed by atoms with E-state index >= 15 is 0 Å². The zero-order valence-electron chi connectivity index (χ0n) is 12.0. The van der Waals surface area contributed by atoms with E-state index in [4.69, 9.17) is 5.11 Å². The summed E-state index contributed by atoms with van der Waals surface area (Å²) in [6.45, 7) is 1.82. The molecule has 8 heteroatoms. The highest BCUT2D eigenvalue weighted by atomic mass is 16.4. The first-order chi connectivity index (χ1) is 10.5. The third-order valence-electron chi connectivity index (χ3n) is 3.59. The summed E-state index contributed by atoms with van der Waals surface area (Å²) in [4.78, 5) is 24.0. The number of nitrogens with zero attached hydrogens (tertiary/aromatic N) is 4. The molecule has 1 amide bonds. The average molecular weight is 301 g/mol. The van der Waals surface area contributed by atoms with Crippen LogP contribution in [0.4, 0.5) is 0 Å². The fraction of sp³-hybridized carbons (Fsp3) is 0.357. The van der Waals surface area contributed by atoms with Crippen LogP contribution in [-0.2, 0) is 16.1 Å². The van der Waals surface area contributed by atoms with Gasteiger partial charge in [-0.05, 0) is 25.0 Å². The monoisotopic (exact) mass is 301 g/mol. The molecule has 3 rings (SSSR count). The van der Waals surface area contributed by atoms with Crippen molar-refractivity contribution in [2.45, 2.75) is 31.8 Å². The SMILES string of the molecule is Cc1ccc(-c2nnn(CC(=O)NC3(C(=O)O)CC3)n2)cc1. The molecule has 114 valence electrons. The summed E-state index contributed by atoms with van der Waals surface area (Å²) in [5.41, 5.74) is 0.831. The standard InChI is InChI=1S/C14H15N5O3/c1-9-2-4-10(5-3-9)12-16-18-19(17-12)8-11(20)15-14(6-7-14)13(21)22/h2-5H,6-8H2,1H3,(H,15,20)(H,21,22). The number of aliphatic carboxylic acids is 1. The topological polar surface area (TPSA) is 110 Å². The second kappa shape index (κ2) is 5.21. The minimum Gasteiger partial charge on any atom is -0.480 e. The number of carbonyl (C=O) groups is 2. The molecule has 1 aromatic heterocycles. The van der Waals surface area contributed by atoms with Crippen LogP contribution >= 0.6 is 0 Å². The van der Waals surface area contributed by atoms with Crippen molar-refractivity contribution < 1.29 is 14.7 Å². The summed E-state index contributed by atoms with van der Waals surface area (Å²) in [5.74, 6) is -1.02. The van der Waals surface area contributed by atoms with E-state index in [-0.39, 0.29) is 6.54 Å². The number of carbonyl (C=O) groups excluding carboxylic acids is 1. The van der Waals surface area contributed by atoms with E-state index < -0.39 is 17.4 Å². The minimum absolute atomic E-state index is 0.159. The van der Waals surface area contributed by atoms with Gasteiger partial charge >= 0.3 is 5.97 Å². The number of hydrogen-bond acceptors (Lipinski definition) is 5. The van der Waals surface area contributed by atoms with Crippen LogP contribution in [0.3, 0.4) is 0 Å². The van der Waals surface area contributed by atoms with E-state index in [2.05, 4.69) is 20.7 Å². The van der Waals surface area contributed by atoms with Crippen LogP contribution in [0.15, 0.2) is 24.3 Å². The van der Waals surface area contributed by atoms with Gasteiger partial charge in [-0.3, -0.25) is 4.79 Å². The predicted octanol–water partition coefficient (Wildman–Crippen LogP) is 0.382. The number of aromatic nitrogens is 4. The van der Waals surface area contributed by atoms with Gasteiger partial charge in [-0.2, -0.15) is 4.80 Å². The number of tetrazole rings is 1. The van der Waals surface area contributed by atoms with E-state index in [1.165, 1.54) is 0 Å². The highest BCUT2D eigenvalue weighted by molar-refractivity contribution is 5.89. The molecule has 0 aliphatic heterocycles. The Labute approximate surface area is 126 Å². The first kappa shape index (κ1) is 14.2. The van der Waals surface area contributed by atoms with Gasteiger partial charge in [0.15, 0.2) is 0 Å². The molecule has 2 N–H and O–H groups in total. The Bertz CT molecular complexity index is 718. The smallest absolute Gasteiger partial charge is 0.329 e. The molecule has 1 saturated carbocycles. The van der Waals surface area contributed by atoms with Gasteiger partial charge in [-0.15, -0.1) is 10.2 Å². The lowest BCUT2D eigenvalue weighted by Gasteiger charge is -2.11. The van der Waals surface area contributed by atoms with Gasteiger partial charge in [-0.25, -0.2) is 4.79 Å². The summed E-state index contributed by atoms with van der Waals surface area (Å²) < 4.78 is 0. The Morgan fingerprint density at radius 2 is 2.00 bits per heavy atom. The fourth-order valence-electron chi connectivity index (χ4n) is 2.08. The largest absolute Gasteiger partial charge is 0.480 e. The molecule has 1 heterocycles. The number of hydrogen-bond donors (Lipinski definition) is 2. The van der Waals surface area contributed by atoms with E-state index in [0.29, 0.717) is 18.7 Å². The third kappa shape index (κ3) is 2.80. The Morgan fingerprint density at radius 3 is 2.59 bits per heavy atom. The van der Waals surface area contributed by atoms with Gasteiger partial charge in [0.1, 0.15) is 12.1 Å². The number of nitrogens with one attached hydrogen (secondary N) is 1. The summed E-state index contributed by atoms with van der Waals surface area (Å²) >= 11 is 0. The zero-order valence-corrected chi connectivity index (χ0v) is 12.0. The normalized spacial score (nSPS) is 15.3. The zero-order chi connectivity index (χ0) is 15.7. The van der Waals surface area contributed by atoms with Crippen LogP contribution in [0.5, 0.6) is 0 Å². The maximum absolute atomic E-state index is 11.9. The summed E-state index contributed by atoms with van der Waals surface area (Å²) in [6, 6.07) is 7.62. The average Bonchev–Trinajstić information content (AvgIpc) is 3.11. The maximum atomic E-state index is 11.9. The van der Waals surface area contributed by atoms with Crippen molar-refractivity contribution in [1.29, 1.82) is 0 Å². The Morgan fingerprint density at radius 1 is 1.32 bits per heavy atom. The number of rotatable bonds is 5. The second-order valence-corrected chi connectivity index (χ2v) is 5.44. The van der Waals surface area contributed by atoms with E-state index in [9.17, 15) is 9.59 Å². The molecule has 0 unspecified atom stereocenters. The van der Waals surface area contributed by atoms with Gasteiger partial charge in [0.25, 0.3) is 0 Å². The molecule has 0 atom stereocenters. The maximum Gasteiger partial charge on any atom is 0.329 e. The van der Waals surface area contributed by atoms with Crippen LogP contribution < -0.4 is 5.32 Å². The molecular formula is C14H15N5O3. The lowest BCUT2D eigenvalue weighted by molar-refractivity contribution is -0.143. The van der Waals surface area contributed by atoms with Crippen molar-refractivity contribution >= 4 is 11.9 Å². The predicted molar refractivity (Wildman–Crippen MR) is 75.7 cm³/mol. The number of carboxylic acids is 1. The molecule has 1 fully saturated rings. The lowest BCUT2D eigenvalue weighted by atomic mass is 10.1. The van der Waals surface area contributed by atoms with Crippen molar-refractivity contribution in [1.82, 2.24) is 25.5 Å². The molecule has 1 aliphatic carbocycles.